The van der Waals surface area contributed by atoms with Gasteiger partial charge in [-0.05, 0) is 36.1 Å². The van der Waals surface area contributed by atoms with Gasteiger partial charge in [0.25, 0.3) is 0 Å². The number of carbonyl (C=O) groups is 2. The minimum Gasteiger partial charge on any atom is -0.497 e. The van der Waals surface area contributed by atoms with Crippen LogP contribution in [0.25, 0.3) is 0 Å². The molecule has 1 aromatic carbocycles. The third kappa shape index (κ3) is 3.94. The first-order valence-electron chi connectivity index (χ1n) is 7.67. The molecule has 0 bridgehead atoms. The van der Waals surface area contributed by atoms with Gasteiger partial charge in [0.15, 0.2) is 0 Å². The van der Waals surface area contributed by atoms with Crippen molar-refractivity contribution in [1.29, 1.82) is 0 Å². The first-order chi connectivity index (χ1) is 11.0. The molecule has 6 nitrogen and oxygen atoms in total. The number of rotatable bonds is 6. The van der Waals surface area contributed by atoms with E-state index < -0.39 is 11.9 Å². The molecular weight excluding hydrogens is 298 g/mol. The SMILES string of the molecule is COc1ccc(OC)c(CCC(=O)N2C[C@@H](C)[C@H](C(=O)O)C2)c1. The number of carboxylic acids is 1. The average molecular weight is 321 g/mol. The van der Waals surface area contributed by atoms with Crippen molar-refractivity contribution in [2.45, 2.75) is 19.8 Å². The molecular formula is C17H23NO5. The van der Waals surface area contributed by atoms with Crippen molar-refractivity contribution in [2.24, 2.45) is 11.8 Å². The van der Waals surface area contributed by atoms with Crippen molar-refractivity contribution in [3.63, 3.8) is 0 Å². The van der Waals surface area contributed by atoms with Crippen molar-refractivity contribution < 1.29 is 24.2 Å². The molecule has 23 heavy (non-hydrogen) atoms. The minimum absolute atomic E-state index is 0.0113. The molecule has 0 aliphatic carbocycles. The van der Waals surface area contributed by atoms with Crippen LogP contribution in [0.5, 0.6) is 11.5 Å². The minimum atomic E-state index is -0.831. The van der Waals surface area contributed by atoms with Crippen LogP contribution in [0.4, 0.5) is 0 Å². The number of ether oxygens (including phenoxy) is 2. The molecule has 1 heterocycles. The van der Waals surface area contributed by atoms with Crippen LogP contribution >= 0.6 is 0 Å². The van der Waals surface area contributed by atoms with Gasteiger partial charge in [-0.1, -0.05) is 6.92 Å². The highest BCUT2D eigenvalue weighted by molar-refractivity contribution is 5.79. The third-order valence-electron chi connectivity index (χ3n) is 4.38. The summed E-state index contributed by atoms with van der Waals surface area (Å²) in [5.74, 6) is 0.103. The molecule has 1 aliphatic rings. The maximum Gasteiger partial charge on any atom is 0.308 e. The summed E-state index contributed by atoms with van der Waals surface area (Å²) in [7, 11) is 3.18. The normalized spacial score (nSPS) is 20.4. The number of carboxylic acid groups (broad SMARTS) is 1. The van der Waals surface area contributed by atoms with Crippen molar-refractivity contribution in [3.05, 3.63) is 23.8 Å². The van der Waals surface area contributed by atoms with Crippen molar-refractivity contribution in [3.8, 4) is 11.5 Å². The first-order valence-corrected chi connectivity index (χ1v) is 7.67. The van der Waals surface area contributed by atoms with E-state index in [4.69, 9.17) is 14.6 Å². The molecule has 126 valence electrons. The van der Waals surface area contributed by atoms with E-state index >= 15 is 0 Å². The number of nitrogens with zero attached hydrogens (tertiary/aromatic N) is 1. The topological polar surface area (TPSA) is 76.1 Å². The third-order valence-corrected chi connectivity index (χ3v) is 4.38. The summed E-state index contributed by atoms with van der Waals surface area (Å²) in [6.07, 6.45) is 0.852. The molecule has 1 amide bonds. The van der Waals surface area contributed by atoms with Gasteiger partial charge in [-0.25, -0.2) is 0 Å². The Labute approximate surface area is 136 Å². The maximum atomic E-state index is 12.3. The fourth-order valence-corrected chi connectivity index (χ4v) is 2.97. The lowest BCUT2D eigenvalue weighted by atomic mass is 9.99. The smallest absolute Gasteiger partial charge is 0.308 e. The van der Waals surface area contributed by atoms with Gasteiger partial charge < -0.3 is 19.5 Å². The second kappa shape index (κ2) is 7.35. The monoisotopic (exact) mass is 321 g/mol. The van der Waals surface area contributed by atoms with Crippen LogP contribution in [0.3, 0.4) is 0 Å². The molecule has 1 N–H and O–H groups in total. The molecule has 0 spiro atoms. The predicted octanol–water partition coefficient (Wildman–Crippen LogP) is 1.82. The molecule has 1 aromatic rings. The number of benzene rings is 1. The zero-order chi connectivity index (χ0) is 17.0. The van der Waals surface area contributed by atoms with E-state index in [1.165, 1.54) is 0 Å². The van der Waals surface area contributed by atoms with E-state index in [9.17, 15) is 9.59 Å². The van der Waals surface area contributed by atoms with Gasteiger partial charge in [-0.15, -0.1) is 0 Å². The Hall–Kier alpha value is -2.24. The number of likely N-dealkylation sites (tertiary alicyclic amines) is 1. The van der Waals surface area contributed by atoms with Crippen LogP contribution < -0.4 is 9.47 Å². The fourth-order valence-electron chi connectivity index (χ4n) is 2.97. The standard InChI is InChI=1S/C17H23NO5/c1-11-9-18(10-14(11)17(20)21)16(19)7-4-12-8-13(22-2)5-6-15(12)23-3/h5-6,8,11,14H,4,7,9-10H2,1-3H3,(H,20,21)/t11-,14-/m1/s1. The maximum absolute atomic E-state index is 12.3. The molecule has 0 unspecified atom stereocenters. The number of aliphatic carboxylic acids is 1. The lowest BCUT2D eigenvalue weighted by Gasteiger charge is -2.16. The van der Waals surface area contributed by atoms with Gasteiger partial charge in [-0.3, -0.25) is 9.59 Å². The first kappa shape index (κ1) is 17.1. The van der Waals surface area contributed by atoms with Crippen LogP contribution in [-0.2, 0) is 16.0 Å². The highest BCUT2D eigenvalue weighted by Crippen LogP contribution is 2.27. The molecule has 0 aromatic heterocycles. The van der Waals surface area contributed by atoms with Crippen molar-refractivity contribution in [1.82, 2.24) is 4.90 Å². The lowest BCUT2D eigenvalue weighted by molar-refractivity contribution is -0.142. The molecule has 1 saturated heterocycles. The Kier molecular flexibility index (Phi) is 5.47. The van der Waals surface area contributed by atoms with Crippen molar-refractivity contribution >= 4 is 11.9 Å². The van der Waals surface area contributed by atoms with Crippen LogP contribution in [0.1, 0.15) is 18.9 Å². The Bertz CT molecular complexity index is 586. The zero-order valence-electron chi connectivity index (χ0n) is 13.7. The largest absolute Gasteiger partial charge is 0.497 e. The van der Waals surface area contributed by atoms with E-state index in [0.29, 0.717) is 31.7 Å². The number of methoxy groups -OCH3 is 2. The van der Waals surface area contributed by atoms with Gasteiger partial charge in [0, 0.05) is 19.5 Å². The summed E-state index contributed by atoms with van der Waals surface area (Å²) < 4.78 is 10.5. The molecule has 0 saturated carbocycles. The average Bonchev–Trinajstić information content (AvgIpc) is 2.94. The summed E-state index contributed by atoms with van der Waals surface area (Å²) in [5.41, 5.74) is 0.905. The zero-order valence-corrected chi connectivity index (χ0v) is 13.7. The van der Waals surface area contributed by atoms with E-state index in [1.807, 2.05) is 25.1 Å². The second-order valence-corrected chi connectivity index (χ2v) is 5.90. The van der Waals surface area contributed by atoms with Gasteiger partial charge >= 0.3 is 5.97 Å². The number of carbonyl (C=O) groups excluding carboxylic acids is 1. The number of amides is 1. The van der Waals surface area contributed by atoms with Crippen LogP contribution in [0.15, 0.2) is 18.2 Å². The highest BCUT2D eigenvalue weighted by atomic mass is 16.5. The summed E-state index contributed by atoms with van der Waals surface area (Å²) in [4.78, 5) is 25.1. The Balaban J connectivity index is 1.98. The highest BCUT2D eigenvalue weighted by Gasteiger charge is 2.36. The summed E-state index contributed by atoms with van der Waals surface area (Å²) in [6, 6.07) is 5.49. The Morgan fingerprint density at radius 2 is 2.00 bits per heavy atom. The summed E-state index contributed by atoms with van der Waals surface area (Å²) >= 11 is 0. The van der Waals surface area contributed by atoms with Gasteiger partial charge in [0.2, 0.25) is 5.91 Å². The van der Waals surface area contributed by atoms with Crippen molar-refractivity contribution in [2.75, 3.05) is 27.3 Å². The van der Waals surface area contributed by atoms with Crippen LogP contribution in [0.2, 0.25) is 0 Å². The molecule has 1 fully saturated rings. The van der Waals surface area contributed by atoms with E-state index in [-0.39, 0.29) is 11.8 Å². The van der Waals surface area contributed by atoms with Crippen LogP contribution in [-0.4, -0.2) is 49.2 Å². The predicted molar refractivity (Wildman–Crippen MR) is 84.7 cm³/mol. The Morgan fingerprint density at radius 1 is 1.26 bits per heavy atom. The molecule has 0 radical (unpaired) electrons. The summed E-state index contributed by atoms with van der Waals surface area (Å²) in [6.45, 7) is 2.67. The van der Waals surface area contributed by atoms with E-state index in [0.717, 1.165) is 11.3 Å². The van der Waals surface area contributed by atoms with E-state index in [2.05, 4.69) is 0 Å². The molecule has 6 heteroatoms. The van der Waals surface area contributed by atoms with Gasteiger partial charge in [-0.2, -0.15) is 0 Å². The number of hydrogen-bond donors (Lipinski definition) is 1. The number of hydrogen-bond acceptors (Lipinski definition) is 4. The van der Waals surface area contributed by atoms with Crippen LogP contribution in [0, 0.1) is 11.8 Å². The molecule has 1 aliphatic heterocycles. The fraction of sp³-hybridized carbons (Fsp3) is 0.529. The second-order valence-electron chi connectivity index (χ2n) is 5.90. The van der Waals surface area contributed by atoms with Gasteiger partial charge in [0.1, 0.15) is 11.5 Å². The lowest BCUT2D eigenvalue weighted by Crippen LogP contribution is -2.30. The van der Waals surface area contributed by atoms with Gasteiger partial charge in [0.05, 0.1) is 20.1 Å². The summed E-state index contributed by atoms with van der Waals surface area (Å²) in [5, 5.41) is 9.15. The Morgan fingerprint density at radius 3 is 2.57 bits per heavy atom. The number of aryl methyl sites for hydroxylation is 1. The molecule has 2 rings (SSSR count). The molecule has 2 atom stereocenters. The van der Waals surface area contributed by atoms with E-state index in [1.54, 1.807) is 19.1 Å². The quantitative estimate of drug-likeness (QED) is 0.865.